The SMILES string of the molecule is CCN1CCN(CC(=O)NC(C)c2ccccc2)CC1. The Kier molecular flexibility index (Phi) is 5.56. The molecule has 1 aromatic rings. The van der Waals surface area contributed by atoms with E-state index >= 15 is 0 Å². The highest BCUT2D eigenvalue weighted by atomic mass is 16.2. The quantitative estimate of drug-likeness (QED) is 0.884. The van der Waals surface area contributed by atoms with Gasteiger partial charge in [-0.15, -0.1) is 0 Å². The van der Waals surface area contributed by atoms with Crippen molar-refractivity contribution in [1.29, 1.82) is 0 Å². The smallest absolute Gasteiger partial charge is 0.234 e. The maximum Gasteiger partial charge on any atom is 0.234 e. The molecule has 110 valence electrons. The molecule has 1 N–H and O–H groups in total. The summed E-state index contributed by atoms with van der Waals surface area (Å²) >= 11 is 0. The van der Waals surface area contributed by atoms with Crippen LogP contribution < -0.4 is 5.32 Å². The summed E-state index contributed by atoms with van der Waals surface area (Å²) in [4.78, 5) is 16.7. The molecule has 1 unspecified atom stereocenters. The van der Waals surface area contributed by atoms with Gasteiger partial charge in [-0.1, -0.05) is 37.3 Å². The van der Waals surface area contributed by atoms with Crippen LogP contribution in [-0.2, 0) is 4.79 Å². The number of piperazine rings is 1. The molecule has 1 heterocycles. The number of rotatable bonds is 5. The molecule has 0 spiro atoms. The molecule has 1 aliphatic rings. The normalized spacial score (nSPS) is 18.7. The zero-order chi connectivity index (χ0) is 14.4. The van der Waals surface area contributed by atoms with Crippen molar-refractivity contribution in [3.8, 4) is 0 Å². The third-order valence-electron chi connectivity index (χ3n) is 3.96. The van der Waals surface area contributed by atoms with E-state index < -0.39 is 0 Å². The molecule has 0 aliphatic carbocycles. The average molecular weight is 275 g/mol. The van der Waals surface area contributed by atoms with Crippen LogP contribution in [0.25, 0.3) is 0 Å². The van der Waals surface area contributed by atoms with Crippen LogP contribution in [0.5, 0.6) is 0 Å². The van der Waals surface area contributed by atoms with Crippen LogP contribution in [0.1, 0.15) is 25.5 Å². The first kappa shape index (κ1) is 15.0. The summed E-state index contributed by atoms with van der Waals surface area (Å²) in [7, 11) is 0. The second-order valence-corrected chi connectivity index (χ2v) is 5.41. The van der Waals surface area contributed by atoms with Crippen molar-refractivity contribution < 1.29 is 4.79 Å². The van der Waals surface area contributed by atoms with E-state index in [1.165, 1.54) is 0 Å². The van der Waals surface area contributed by atoms with Gasteiger partial charge in [-0.25, -0.2) is 0 Å². The first-order valence-electron chi connectivity index (χ1n) is 7.48. The van der Waals surface area contributed by atoms with Gasteiger partial charge in [0.1, 0.15) is 0 Å². The highest BCUT2D eigenvalue weighted by molar-refractivity contribution is 5.78. The third kappa shape index (κ3) is 4.32. The Morgan fingerprint density at radius 2 is 1.75 bits per heavy atom. The van der Waals surface area contributed by atoms with Gasteiger partial charge in [-0.05, 0) is 19.0 Å². The summed E-state index contributed by atoms with van der Waals surface area (Å²) in [6.07, 6.45) is 0. The van der Waals surface area contributed by atoms with Gasteiger partial charge in [0, 0.05) is 26.2 Å². The minimum absolute atomic E-state index is 0.0700. The molecule has 1 fully saturated rings. The van der Waals surface area contributed by atoms with Crippen molar-refractivity contribution in [2.24, 2.45) is 0 Å². The third-order valence-corrected chi connectivity index (χ3v) is 3.96. The number of carbonyl (C=O) groups excluding carboxylic acids is 1. The maximum absolute atomic E-state index is 12.1. The highest BCUT2D eigenvalue weighted by Crippen LogP contribution is 2.11. The molecular weight excluding hydrogens is 250 g/mol. The van der Waals surface area contributed by atoms with Gasteiger partial charge in [0.05, 0.1) is 12.6 Å². The summed E-state index contributed by atoms with van der Waals surface area (Å²) in [5.74, 6) is 0.117. The minimum Gasteiger partial charge on any atom is -0.348 e. The van der Waals surface area contributed by atoms with Crippen LogP contribution in [0.2, 0.25) is 0 Å². The molecule has 0 bridgehead atoms. The van der Waals surface area contributed by atoms with Gasteiger partial charge < -0.3 is 10.2 Å². The molecule has 1 atom stereocenters. The summed E-state index contributed by atoms with van der Waals surface area (Å²) in [5, 5.41) is 3.07. The van der Waals surface area contributed by atoms with Crippen molar-refractivity contribution in [2.75, 3.05) is 39.3 Å². The molecule has 1 aromatic carbocycles. The fourth-order valence-corrected chi connectivity index (χ4v) is 2.58. The first-order chi connectivity index (χ1) is 9.69. The van der Waals surface area contributed by atoms with Gasteiger partial charge in [-0.2, -0.15) is 0 Å². The van der Waals surface area contributed by atoms with E-state index in [9.17, 15) is 4.79 Å². The van der Waals surface area contributed by atoms with Crippen molar-refractivity contribution in [1.82, 2.24) is 15.1 Å². The van der Waals surface area contributed by atoms with E-state index in [1.807, 2.05) is 37.3 Å². The summed E-state index contributed by atoms with van der Waals surface area (Å²) in [6.45, 7) is 9.93. The lowest BCUT2D eigenvalue weighted by atomic mass is 10.1. The molecule has 0 saturated carbocycles. The molecular formula is C16H25N3O. The second-order valence-electron chi connectivity index (χ2n) is 5.41. The first-order valence-corrected chi connectivity index (χ1v) is 7.48. The lowest BCUT2D eigenvalue weighted by molar-refractivity contribution is -0.123. The van der Waals surface area contributed by atoms with Crippen LogP contribution in [0, 0.1) is 0 Å². The van der Waals surface area contributed by atoms with Crippen LogP contribution in [0.3, 0.4) is 0 Å². The predicted molar refractivity (Wildman–Crippen MR) is 81.6 cm³/mol. The van der Waals surface area contributed by atoms with Crippen LogP contribution in [-0.4, -0.2) is 55.0 Å². The molecule has 0 radical (unpaired) electrons. The Bertz CT molecular complexity index is 413. The summed E-state index contributed by atoms with van der Waals surface area (Å²) < 4.78 is 0. The Balaban J connectivity index is 1.76. The number of nitrogens with one attached hydrogen (secondary N) is 1. The van der Waals surface area contributed by atoms with Gasteiger partial charge in [0.25, 0.3) is 0 Å². The number of carbonyl (C=O) groups is 1. The van der Waals surface area contributed by atoms with Crippen molar-refractivity contribution >= 4 is 5.91 Å². The number of benzene rings is 1. The minimum atomic E-state index is 0.0700. The van der Waals surface area contributed by atoms with Gasteiger partial charge >= 0.3 is 0 Å². The lowest BCUT2D eigenvalue weighted by Gasteiger charge is -2.33. The fraction of sp³-hybridized carbons (Fsp3) is 0.562. The number of hydrogen-bond donors (Lipinski definition) is 1. The predicted octanol–water partition coefficient (Wildman–Crippen LogP) is 1.50. The molecule has 1 amide bonds. The fourth-order valence-electron chi connectivity index (χ4n) is 2.58. The molecule has 4 nitrogen and oxygen atoms in total. The number of likely N-dealkylation sites (N-methyl/N-ethyl adjacent to an activating group) is 1. The van der Waals surface area contributed by atoms with E-state index in [1.54, 1.807) is 0 Å². The topological polar surface area (TPSA) is 35.6 Å². The zero-order valence-corrected chi connectivity index (χ0v) is 12.5. The van der Waals surface area contributed by atoms with E-state index in [-0.39, 0.29) is 11.9 Å². The molecule has 4 heteroatoms. The molecule has 1 aliphatic heterocycles. The maximum atomic E-state index is 12.1. The Hall–Kier alpha value is -1.39. The van der Waals surface area contributed by atoms with Crippen LogP contribution in [0.4, 0.5) is 0 Å². The standard InChI is InChI=1S/C16H25N3O/c1-3-18-9-11-19(12-10-18)13-16(20)17-14(2)15-7-5-4-6-8-15/h4-8,14H,3,9-13H2,1-2H3,(H,17,20). The van der Waals surface area contributed by atoms with Gasteiger partial charge in [0.2, 0.25) is 5.91 Å². The highest BCUT2D eigenvalue weighted by Gasteiger charge is 2.18. The van der Waals surface area contributed by atoms with E-state index in [0.29, 0.717) is 6.54 Å². The Morgan fingerprint density at radius 3 is 2.35 bits per heavy atom. The summed E-state index contributed by atoms with van der Waals surface area (Å²) in [6, 6.07) is 10.2. The average Bonchev–Trinajstić information content (AvgIpc) is 2.49. The summed E-state index contributed by atoms with van der Waals surface area (Å²) in [5.41, 5.74) is 1.15. The number of nitrogens with zero attached hydrogens (tertiary/aromatic N) is 2. The number of hydrogen-bond acceptors (Lipinski definition) is 3. The van der Waals surface area contributed by atoms with Crippen molar-refractivity contribution in [3.63, 3.8) is 0 Å². The number of amides is 1. The largest absolute Gasteiger partial charge is 0.348 e. The molecule has 20 heavy (non-hydrogen) atoms. The Morgan fingerprint density at radius 1 is 1.15 bits per heavy atom. The Labute approximate surface area is 121 Å². The van der Waals surface area contributed by atoms with Gasteiger partial charge in [0.15, 0.2) is 0 Å². The zero-order valence-electron chi connectivity index (χ0n) is 12.5. The molecule has 0 aromatic heterocycles. The van der Waals surface area contributed by atoms with E-state index in [2.05, 4.69) is 22.0 Å². The monoisotopic (exact) mass is 275 g/mol. The second kappa shape index (κ2) is 7.41. The molecule has 2 rings (SSSR count). The molecule has 1 saturated heterocycles. The lowest BCUT2D eigenvalue weighted by Crippen LogP contribution is -2.49. The van der Waals surface area contributed by atoms with Crippen LogP contribution in [0.15, 0.2) is 30.3 Å². The van der Waals surface area contributed by atoms with Gasteiger partial charge in [-0.3, -0.25) is 9.69 Å². The van der Waals surface area contributed by atoms with E-state index in [4.69, 9.17) is 0 Å². The van der Waals surface area contributed by atoms with Crippen molar-refractivity contribution in [3.05, 3.63) is 35.9 Å². The van der Waals surface area contributed by atoms with Crippen molar-refractivity contribution in [2.45, 2.75) is 19.9 Å². The van der Waals surface area contributed by atoms with Crippen LogP contribution >= 0.6 is 0 Å². The van der Waals surface area contributed by atoms with E-state index in [0.717, 1.165) is 38.3 Å².